The lowest BCUT2D eigenvalue weighted by molar-refractivity contribution is -0.0276. The van der Waals surface area contributed by atoms with E-state index in [1.54, 1.807) is 12.1 Å². The molecule has 0 aliphatic carbocycles. The van der Waals surface area contributed by atoms with E-state index in [-0.39, 0.29) is 17.5 Å². The molecule has 0 aromatic heterocycles. The van der Waals surface area contributed by atoms with Gasteiger partial charge in [-0.25, -0.2) is 13.1 Å². The number of benzene rings is 2. The molecule has 1 N–H and O–H groups in total. The Kier molecular flexibility index (Phi) is 6.01. The van der Waals surface area contributed by atoms with E-state index in [1.165, 1.54) is 17.7 Å². The van der Waals surface area contributed by atoms with Gasteiger partial charge in [0.1, 0.15) is 0 Å². The molecule has 0 bridgehead atoms. The van der Waals surface area contributed by atoms with E-state index in [0.717, 1.165) is 13.1 Å². The molecule has 6 nitrogen and oxygen atoms in total. The van der Waals surface area contributed by atoms with Crippen LogP contribution in [0.15, 0.2) is 59.5 Å². The summed E-state index contributed by atoms with van der Waals surface area (Å²) in [5.74, 6) is 0. The Morgan fingerprint density at radius 3 is 2.77 bits per heavy atom. The van der Waals surface area contributed by atoms with Gasteiger partial charge in [-0.1, -0.05) is 36.4 Å². The summed E-state index contributed by atoms with van der Waals surface area (Å²) in [6, 6.07) is 18.1. The van der Waals surface area contributed by atoms with Crippen molar-refractivity contribution in [1.29, 1.82) is 5.26 Å². The average Bonchev–Trinajstić information content (AvgIpc) is 2.68. The smallest absolute Gasteiger partial charge is 0.240 e. The highest BCUT2D eigenvalue weighted by Crippen LogP contribution is 2.13. The topological polar surface area (TPSA) is 82.4 Å². The van der Waals surface area contributed by atoms with Crippen LogP contribution in [0, 0.1) is 11.3 Å². The zero-order chi connectivity index (χ0) is 18.4. The van der Waals surface area contributed by atoms with Crippen molar-refractivity contribution in [3.63, 3.8) is 0 Å². The number of hydrogen-bond acceptors (Lipinski definition) is 5. The van der Waals surface area contributed by atoms with Gasteiger partial charge in [0.05, 0.1) is 29.2 Å². The SMILES string of the molecule is N#Cc1cccc(S(=O)(=O)NCC2CN(Cc3ccccc3)CCO2)c1. The zero-order valence-electron chi connectivity index (χ0n) is 14.3. The molecule has 3 rings (SSSR count). The summed E-state index contributed by atoms with van der Waals surface area (Å²) in [5.41, 5.74) is 1.54. The van der Waals surface area contributed by atoms with E-state index in [1.807, 2.05) is 24.3 Å². The number of ether oxygens (including phenoxy) is 1. The molecular formula is C19H21N3O3S. The van der Waals surface area contributed by atoms with Crippen molar-refractivity contribution >= 4 is 10.0 Å². The van der Waals surface area contributed by atoms with Crippen molar-refractivity contribution in [1.82, 2.24) is 9.62 Å². The van der Waals surface area contributed by atoms with Crippen molar-refractivity contribution in [3.8, 4) is 6.07 Å². The summed E-state index contributed by atoms with van der Waals surface area (Å²) in [5, 5.41) is 8.92. The molecule has 1 heterocycles. The van der Waals surface area contributed by atoms with Crippen LogP contribution in [-0.4, -0.2) is 45.7 Å². The van der Waals surface area contributed by atoms with E-state index < -0.39 is 10.0 Å². The predicted molar refractivity (Wildman–Crippen MR) is 97.8 cm³/mol. The number of morpholine rings is 1. The Balaban J connectivity index is 1.57. The van der Waals surface area contributed by atoms with Crippen LogP contribution in [0.1, 0.15) is 11.1 Å². The van der Waals surface area contributed by atoms with E-state index in [9.17, 15) is 8.42 Å². The molecule has 1 unspecified atom stereocenters. The van der Waals surface area contributed by atoms with Gasteiger partial charge in [-0.15, -0.1) is 0 Å². The number of nitriles is 1. The first kappa shape index (κ1) is 18.5. The maximum absolute atomic E-state index is 12.4. The van der Waals surface area contributed by atoms with Gasteiger partial charge < -0.3 is 4.74 Å². The minimum atomic E-state index is -3.67. The van der Waals surface area contributed by atoms with Crippen molar-refractivity contribution in [3.05, 3.63) is 65.7 Å². The molecule has 26 heavy (non-hydrogen) atoms. The van der Waals surface area contributed by atoms with Crippen molar-refractivity contribution < 1.29 is 13.2 Å². The van der Waals surface area contributed by atoms with Crippen molar-refractivity contribution in [2.75, 3.05) is 26.2 Å². The monoisotopic (exact) mass is 371 g/mol. The van der Waals surface area contributed by atoms with Gasteiger partial charge in [0.15, 0.2) is 0 Å². The quantitative estimate of drug-likeness (QED) is 0.836. The van der Waals surface area contributed by atoms with Gasteiger partial charge >= 0.3 is 0 Å². The molecule has 1 atom stereocenters. The summed E-state index contributed by atoms with van der Waals surface area (Å²) in [4.78, 5) is 2.35. The van der Waals surface area contributed by atoms with Gasteiger partial charge in [-0.2, -0.15) is 5.26 Å². The average molecular weight is 371 g/mol. The third-order valence-corrected chi connectivity index (χ3v) is 5.67. The summed E-state index contributed by atoms with van der Waals surface area (Å²) < 4.78 is 33.1. The molecule has 2 aromatic carbocycles. The number of nitrogens with one attached hydrogen (secondary N) is 1. The normalized spacial score (nSPS) is 18.3. The van der Waals surface area contributed by atoms with Crippen LogP contribution >= 0.6 is 0 Å². The summed E-state index contributed by atoms with van der Waals surface area (Å²) in [7, 11) is -3.67. The minimum absolute atomic E-state index is 0.0912. The van der Waals surface area contributed by atoms with Crippen LogP contribution < -0.4 is 4.72 Å². The number of rotatable bonds is 6. The lowest BCUT2D eigenvalue weighted by atomic mass is 10.2. The fraction of sp³-hybridized carbons (Fsp3) is 0.316. The standard InChI is InChI=1S/C19H21N3O3S/c20-12-17-7-4-8-19(11-17)26(23,24)21-13-18-15-22(9-10-25-18)14-16-5-2-1-3-6-16/h1-8,11,18,21H,9-10,13-15H2. The molecule has 0 radical (unpaired) electrons. The molecule has 2 aromatic rings. The highest BCUT2D eigenvalue weighted by molar-refractivity contribution is 7.89. The lowest BCUT2D eigenvalue weighted by Gasteiger charge is -2.33. The largest absolute Gasteiger partial charge is 0.374 e. The van der Waals surface area contributed by atoms with E-state index in [0.29, 0.717) is 18.7 Å². The highest BCUT2D eigenvalue weighted by Gasteiger charge is 2.23. The van der Waals surface area contributed by atoms with E-state index >= 15 is 0 Å². The molecule has 136 valence electrons. The maximum Gasteiger partial charge on any atom is 0.240 e. The van der Waals surface area contributed by atoms with Crippen LogP contribution in [0.25, 0.3) is 0 Å². The molecular weight excluding hydrogens is 350 g/mol. The molecule has 0 saturated carbocycles. The third-order valence-electron chi connectivity index (χ3n) is 4.25. The van der Waals surface area contributed by atoms with Crippen LogP contribution in [0.5, 0.6) is 0 Å². The number of hydrogen-bond donors (Lipinski definition) is 1. The summed E-state index contributed by atoms with van der Waals surface area (Å²) in [6.07, 6.45) is -0.207. The fourth-order valence-electron chi connectivity index (χ4n) is 2.91. The maximum atomic E-state index is 12.4. The van der Waals surface area contributed by atoms with E-state index in [2.05, 4.69) is 21.8 Å². The number of nitrogens with zero attached hydrogens (tertiary/aromatic N) is 2. The van der Waals surface area contributed by atoms with Crippen LogP contribution in [0.4, 0.5) is 0 Å². The Morgan fingerprint density at radius 2 is 2.00 bits per heavy atom. The van der Waals surface area contributed by atoms with Gasteiger partial charge in [-0.3, -0.25) is 4.90 Å². The number of sulfonamides is 1. The fourth-order valence-corrected chi connectivity index (χ4v) is 4.02. The lowest BCUT2D eigenvalue weighted by Crippen LogP contribution is -2.47. The molecule has 7 heteroatoms. The first-order valence-corrected chi connectivity index (χ1v) is 9.93. The summed E-state index contributed by atoms with van der Waals surface area (Å²) >= 11 is 0. The summed E-state index contributed by atoms with van der Waals surface area (Å²) in [6.45, 7) is 3.07. The van der Waals surface area contributed by atoms with E-state index in [4.69, 9.17) is 10.00 Å². The molecule has 0 amide bonds. The molecule has 1 aliphatic rings. The predicted octanol–water partition coefficient (Wildman–Crippen LogP) is 1.74. The first-order chi connectivity index (χ1) is 12.6. The second-order valence-electron chi connectivity index (χ2n) is 6.21. The molecule has 1 aliphatic heterocycles. The second-order valence-corrected chi connectivity index (χ2v) is 7.97. The van der Waals surface area contributed by atoms with Crippen LogP contribution in [0.3, 0.4) is 0 Å². The van der Waals surface area contributed by atoms with Gasteiger partial charge in [0.2, 0.25) is 10.0 Å². The Bertz CT molecular complexity index is 878. The molecule has 1 saturated heterocycles. The Hall–Kier alpha value is -2.24. The highest BCUT2D eigenvalue weighted by atomic mass is 32.2. The third kappa shape index (κ3) is 4.90. The Morgan fingerprint density at radius 1 is 1.19 bits per heavy atom. The Labute approximate surface area is 154 Å². The van der Waals surface area contributed by atoms with Crippen molar-refractivity contribution in [2.45, 2.75) is 17.5 Å². The van der Waals surface area contributed by atoms with Gasteiger partial charge in [0, 0.05) is 26.2 Å². The van der Waals surface area contributed by atoms with Gasteiger partial charge in [-0.05, 0) is 23.8 Å². The van der Waals surface area contributed by atoms with Crippen molar-refractivity contribution in [2.24, 2.45) is 0 Å². The zero-order valence-corrected chi connectivity index (χ0v) is 15.2. The van der Waals surface area contributed by atoms with Crippen LogP contribution in [-0.2, 0) is 21.3 Å². The molecule has 1 fully saturated rings. The molecule has 0 spiro atoms. The second kappa shape index (κ2) is 8.43. The first-order valence-electron chi connectivity index (χ1n) is 8.44. The minimum Gasteiger partial charge on any atom is -0.374 e. The van der Waals surface area contributed by atoms with Gasteiger partial charge in [0.25, 0.3) is 0 Å². The van der Waals surface area contributed by atoms with Crippen LogP contribution in [0.2, 0.25) is 0 Å².